The van der Waals surface area contributed by atoms with Gasteiger partial charge in [0, 0.05) is 22.4 Å². The third-order valence-corrected chi connectivity index (χ3v) is 7.43. The minimum atomic E-state index is -3.23. The lowest BCUT2D eigenvalue weighted by molar-refractivity contribution is 0.457. The Morgan fingerprint density at radius 2 is 1.67 bits per heavy atom. The highest BCUT2D eigenvalue weighted by Crippen LogP contribution is 2.62. The molecule has 1 aromatic rings. The molecule has 6 heteroatoms. The van der Waals surface area contributed by atoms with Gasteiger partial charge in [-0.15, -0.1) is 11.8 Å². The van der Waals surface area contributed by atoms with Crippen LogP contribution in [0, 0.1) is 10.8 Å². The van der Waals surface area contributed by atoms with Crippen LogP contribution in [0.2, 0.25) is 0 Å². The minimum absolute atomic E-state index is 0.0180. The second-order valence-corrected chi connectivity index (χ2v) is 9.77. The largest absolute Gasteiger partial charge is 0.399 e. The molecule has 0 bridgehead atoms. The third-order valence-electron chi connectivity index (χ3n) is 4.82. The maximum Gasteiger partial charge on any atom is 0.212 e. The molecule has 1 aliphatic rings. The molecular formula is C15H24N2O2S2. The summed E-state index contributed by atoms with van der Waals surface area (Å²) in [6.07, 6.45) is 0. The van der Waals surface area contributed by atoms with Crippen LogP contribution in [0.15, 0.2) is 29.2 Å². The fraction of sp³-hybridized carbons (Fsp3) is 0.600. The van der Waals surface area contributed by atoms with E-state index in [0.29, 0.717) is 11.4 Å². The molecule has 0 saturated heterocycles. The van der Waals surface area contributed by atoms with Crippen molar-refractivity contribution in [3.63, 3.8) is 0 Å². The van der Waals surface area contributed by atoms with E-state index in [-0.39, 0.29) is 22.6 Å². The molecule has 0 aliphatic heterocycles. The summed E-state index contributed by atoms with van der Waals surface area (Å²) in [5, 5.41) is 0. The summed E-state index contributed by atoms with van der Waals surface area (Å²) in [6.45, 7) is 8.40. The maximum atomic E-state index is 12.2. The van der Waals surface area contributed by atoms with Crippen molar-refractivity contribution in [3.05, 3.63) is 24.3 Å². The monoisotopic (exact) mass is 328 g/mol. The second-order valence-electron chi connectivity index (χ2n) is 6.73. The zero-order chi connectivity index (χ0) is 15.9. The quantitative estimate of drug-likeness (QED) is 0.622. The first-order valence-corrected chi connectivity index (χ1v) is 9.68. The molecule has 0 aromatic heterocycles. The summed E-state index contributed by atoms with van der Waals surface area (Å²) >= 11 is 1.53. The van der Waals surface area contributed by atoms with Crippen molar-refractivity contribution < 1.29 is 8.42 Å². The Hall–Kier alpha value is -0.720. The normalized spacial score (nSPS) is 20.4. The van der Waals surface area contributed by atoms with Crippen LogP contribution in [0.4, 0.5) is 5.69 Å². The van der Waals surface area contributed by atoms with Gasteiger partial charge in [0.2, 0.25) is 10.0 Å². The summed E-state index contributed by atoms with van der Waals surface area (Å²) < 4.78 is 27.2. The molecule has 1 saturated carbocycles. The number of nitrogens with one attached hydrogen (secondary N) is 1. The number of nitrogen functional groups attached to an aromatic ring is 1. The summed E-state index contributed by atoms with van der Waals surface area (Å²) in [4.78, 5) is 1.03. The first kappa shape index (κ1) is 16.6. The molecule has 0 atom stereocenters. The fourth-order valence-corrected chi connectivity index (χ4v) is 5.40. The van der Waals surface area contributed by atoms with Gasteiger partial charge in [-0.05, 0) is 35.1 Å². The molecule has 1 aliphatic carbocycles. The predicted molar refractivity (Wildman–Crippen MR) is 89.9 cm³/mol. The molecule has 1 fully saturated rings. The number of hydrogen-bond donors (Lipinski definition) is 2. The minimum Gasteiger partial charge on any atom is -0.399 e. The average molecular weight is 329 g/mol. The summed E-state index contributed by atoms with van der Waals surface area (Å²) in [6, 6.07) is 7.49. The molecule has 118 valence electrons. The van der Waals surface area contributed by atoms with Gasteiger partial charge in [-0.1, -0.05) is 27.7 Å². The number of nitrogens with two attached hydrogens (primary N) is 1. The van der Waals surface area contributed by atoms with E-state index in [0.717, 1.165) is 4.90 Å². The average Bonchev–Trinajstić information content (AvgIpc) is 2.74. The first-order chi connectivity index (χ1) is 9.56. The van der Waals surface area contributed by atoms with E-state index >= 15 is 0 Å². The number of sulfonamides is 1. The Balaban J connectivity index is 1.84. The SMILES string of the molecule is CC1(C)C(NS(=O)(=O)CCSc2ccc(N)cc2)C1(C)C. The highest BCUT2D eigenvalue weighted by atomic mass is 32.2. The molecule has 2 rings (SSSR count). The van der Waals surface area contributed by atoms with Gasteiger partial charge in [0.05, 0.1) is 5.75 Å². The maximum absolute atomic E-state index is 12.2. The molecule has 0 radical (unpaired) electrons. The van der Waals surface area contributed by atoms with Crippen LogP contribution in [0.25, 0.3) is 0 Å². The zero-order valence-electron chi connectivity index (χ0n) is 13.0. The van der Waals surface area contributed by atoms with Gasteiger partial charge in [-0.2, -0.15) is 0 Å². The molecule has 3 N–H and O–H groups in total. The lowest BCUT2D eigenvalue weighted by Crippen LogP contribution is -2.32. The van der Waals surface area contributed by atoms with Crippen LogP contribution in [0.5, 0.6) is 0 Å². The van der Waals surface area contributed by atoms with Crippen molar-refractivity contribution in [2.75, 3.05) is 17.2 Å². The van der Waals surface area contributed by atoms with Crippen molar-refractivity contribution in [1.82, 2.24) is 4.72 Å². The lowest BCUT2D eigenvalue weighted by atomic mass is 10.0. The Morgan fingerprint density at radius 1 is 1.14 bits per heavy atom. The van der Waals surface area contributed by atoms with Crippen LogP contribution in [0.1, 0.15) is 27.7 Å². The predicted octanol–water partition coefficient (Wildman–Crippen LogP) is 2.71. The number of rotatable bonds is 6. The van der Waals surface area contributed by atoms with E-state index in [9.17, 15) is 8.42 Å². The van der Waals surface area contributed by atoms with E-state index < -0.39 is 10.0 Å². The number of anilines is 1. The Bertz CT molecular complexity index is 593. The second kappa shape index (κ2) is 5.48. The number of benzene rings is 1. The standard InChI is InChI=1S/C15H24N2O2S2/c1-14(2)13(15(14,3)4)17-21(18,19)10-9-20-12-7-5-11(16)6-8-12/h5-8,13,17H,9-10,16H2,1-4H3. The first-order valence-electron chi connectivity index (χ1n) is 7.04. The highest BCUT2D eigenvalue weighted by molar-refractivity contribution is 8.00. The van der Waals surface area contributed by atoms with Crippen molar-refractivity contribution in [3.8, 4) is 0 Å². The van der Waals surface area contributed by atoms with Gasteiger partial charge in [-0.25, -0.2) is 13.1 Å². The summed E-state index contributed by atoms with van der Waals surface area (Å²) in [7, 11) is -3.23. The third kappa shape index (κ3) is 3.55. The van der Waals surface area contributed by atoms with Gasteiger partial charge in [-0.3, -0.25) is 0 Å². The Kier molecular flexibility index (Phi) is 4.35. The van der Waals surface area contributed by atoms with E-state index in [2.05, 4.69) is 32.4 Å². The molecule has 4 nitrogen and oxygen atoms in total. The smallest absolute Gasteiger partial charge is 0.212 e. The highest BCUT2D eigenvalue weighted by Gasteiger charge is 2.65. The van der Waals surface area contributed by atoms with E-state index in [4.69, 9.17) is 5.73 Å². The van der Waals surface area contributed by atoms with Crippen LogP contribution in [-0.2, 0) is 10.0 Å². The molecule has 21 heavy (non-hydrogen) atoms. The van der Waals surface area contributed by atoms with Crippen LogP contribution in [-0.4, -0.2) is 26.0 Å². The van der Waals surface area contributed by atoms with Gasteiger partial charge in [0.1, 0.15) is 0 Å². The number of thioether (sulfide) groups is 1. The summed E-state index contributed by atoms with van der Waals surface area (Å²) in [5.74, 6) is 0.664. The zero-order valence-corrected chi connectivity index (χ0v) is 14.6. The molecule has 0 spiro atoms. The molecule has 1 aromatic carbocycles. The van der Waals surface area contributed by atoms with Crippen LogP contribution < -0.4 is 10.5 Å². The molecular weight excluding hydrogens is 304 g/mol. The van der Waals surface area contributed by atoms with Gasteiger partial charge in [0.25, 0.3) is 0 Å². The topological polar surface area (TPSA) is 72.2 Å². The fourth-order valence-electron chi connectivity index (χ4n) is 2.56. The van der Waals surface area contributed by atoms with Gasteiger partial charge < -0.3 is 5.73 Å². The number of hydrogen-bond acceptors (Lipinski definition) is 4. The van der Waals surface area contributed by atoms with Gasteiger partial charge in [0.15, 0.2) is 0 Å². The van der Waals surface area contributed by atoms with Crippen molar-refractivity contribution in [1.29, 1.82) is 0 Å². The molecule has 0 heterocycles. The van der Waals surface area contributed by atoms with Crippen LogP contribution in [0.3, 0.4) is 0 Å². The van der Waals surface area contributed by atoms with Gasteiger partial charge >= 0.3 is 0 Å². The van der Waals surface area contributed by atoms with E-state index in [1.807, 2.05) is 24.3 Å². The molecule has 0 amide bonds. The molecule has 0 unspecified atom stereocenters. The summed E-state index contributed by atoms with van der Waals surface area (Å²) in [5.41, 5.74) is 6.37. The van der Waals surface area contributed by atoms with Crippen molar-refractivity contribution in [2.24, 2.45) is 10.8 Å². The lowest BCUT2D eigenvalue weighted by Gasteiger charge is -2.08. The Morgan fingerprint density at radius 3 is 2.14 bits per heavy atom. The van der Waals surface area contributed by atoms with Crippen molar-refractivity contribution >= 4 is 27.5 Å². The Labute approximate surface area is 131 Å². The van der Waals surface area contributed by atoms with E-state index in [1.165, 1.54) is 11.8 Å². The van der Waals surface area contributed by atoms with E-state index in [1.54, 1.807) is 0 Å². The van der Waals surface area contributed by atoms with Crippen LogP contribution >= 0.6 is 11.8 Å². The van der Waals surface area contributed by atoms with Crippen molar-refractivity contribution in [2.45, 2.75) is 38.6 Å².